The molecule has 0 atom stereocenters. The number of halogens is 1. The Kier molecular flexibility index (Phi) is 7.36. The van der Waals surface area contributed by atoms with Gasteiger partial charge in [-0.2, -0.15) is 10.2 Å². The molecule has 0 radical (unpaired) electrons. The molecule has 0 spiro atoms. The van der Waals surface area contributed by atoms with Crippen molar-refractivity contribution in [3.8, 4) is 16.3 Å². The summed E-state index contributed by atoms with van der Waals surface area (Å²) in [6, 6.07) is 25.7. The van der Waals surface area contributed by atoms with Gasteiger partial charge in [-0.1, -0.05) is 54.1 Å². The molecule has 2 N–H and O–H groups in total. The van der Waals surface area contributed by atoms with E-state index in [0.717, 1.165) is 16.3 Å². The molecule has 0 bridgehead atoms. The van der Waals surface area contributed by atoms with Crippen LogP contribution >= 0.6 is 22.9 Å². The second-order valence-corrected chi connectivity index (χ2v) is 11.0. The van der Waals surface area contributed by atoms with Gasteiger partial charge in [0.2, 0.25) is 0 Å². The van der Waals surface area contributed by atoms with Crippen LogP contribution in [0.2, 0.25) is 5.02 Å². The highest BCUT2D eigenvalue weighted by Gasteiger charge is 2.18. The summed E-state index contributed by atoms with van der Waals surface area (Å²) in [4.78, 5) is 13.7. The minimum atomic E-state index is -3.97. The Hall–Kier alpha value is -4.25. The molecule has 11 heteroatoms. The molecule has 0 fully saturated rings. The third kappa shape index (κ3) is 5.67. The largest absolute Gasteiger partial charge is 0.278 e. The molecule has 0 aliphatic heterocycles. The average Bonchev–Trinajstić information content (AvgIpc) is 3.61. The number of rotatable bonds is 8. The van der Waals surface area contributed by atoms with Crippen molar-refractivity contribution in [1.29, 1.82) is 0 Å². The number of thiophene rings is 1. The van der Waals surface area contributed by atoms with Gasteiger partial charge < -0.3 is 0 Å². The van der Waals surface area contributed by atoms with Crippen molar-refractivity contribution >= 4 is 50.8 Å². The van der Waals surface area contributed by atoms with Gasteiger partial charge in [-0.15, -0.1) is 11.3 Å². The van der Waals surface area contributed by atoms with Crippen molar-refractivity contribution < 1.29 is 13.2 Å². The maximum Gasteiger partial charge on any atom is 0.271 e. The molecule has 190 valence electrons. The summed E-state index contributed by atoms with van der Waals surface area (Å²) >= 11 is 7.62. The van der Waals surface area contributed by atoms with Crippen LogP contribution in [0.4, 0.5) is 5.69 Å². The number of sulfonamides is 1. The fraction of sp³-hybridized carbons (Fsp3) is 0. The molecule has 0 unspecified atom stereocenters. The van der Waals surface area contributed by atoms with Gasteiger partial charge in [0.1, 0.15) is 5.69 Å². The zero-order chi connectivity index (χ0) is 26.5. The minimum absolute atomic E-state index is 0.0850. The van der Waals surface area contributed by atoms with E-state index in [4.69, 9.17) is 16.7 Å². The Morgan fingerprint density at radius 2 is 1.76 bits per heavy atom. The second-order valence-electron chi connectivity index (χ2n) is 8.00. The highest BCUT2D eigenvalue weighted by molar-refractivity contribution is 7.92. The maximum atomic E-state index is 12.9. The average molecular weight is 562 g/mol. The molecule has 0 aliphatic carbocycles. The third-order valence-electron chi connectivity index (χ3n) is 5.41. The fourth-order valence-electron chi connectivity index (χ4n) is 3.58. The normalized spacial score (nSPS) is 11.5. The van der Waals surface area contributed by atoms with Gasteiger partial charge in [-0.25, -0.2) is 18.5 Å². The lowest BCUT2D eigenvalue weighted by molar-refractivity contribution is 0.0955. The Balaban J connectivity index is 1.35. The Bertz CT molecular complexity index is 1720. The lowest BCUT2D eigenvalue weighted by Crippen LogP contribution is -2.19. The lowest BCUT2D eigenvalue weighted by Gasteiger charge is -2.10. The van der Waals surface area contributed by atoms with Crippen molar-refractivity contribution in [3.63, 3.8) is 0 Å². The molecule has 0 saturated heterocycles. The van der Waals surface area contributed by atoms with Crippen molar-refractivity contribution in [1.82, 2.24) is 15.2 Å². The molecule has 38 heavy (non-hydrogen) atoms. The van der Waals surface area contributed by atoms with Crippen LogP contribution in [-0.4, -0.2) is 30.3 Å². The molecule has 5 aromatic rings. The van der Waals surface area contributed by atoms with Crippen LogP contribution in [0.15, 0.2) is 113 Å². The molecule has 2 heterocycles. The van der Waals surface area contributed by atoms with Crippen molar-refractivity contribution in [2.24, 2.45) is 5.10 Å². The van der Waals surface area contributed by atoms with E-state index in [1.165, 1.54) is 30.5 Å². The maximum absolute atomic E-state index is 12.9. The number of para-hydroxylation sites is 2. The number of carbonyl (C=O) groups excluding carboxylic acids is 1. The zero-order valence-electron chi connectivity index (χ0n) is 19.7. The zero-order valence-corrected chi connectivity index (χ0v) is 22.0. The molecule has 2 aromatic heterocycles. The summed E-state index contributed by atoms with van der Waals surface area (Å²) in [5, 5.41) is 11.0. The molecular formula is C27H20ClN5O3S2. The summed E-state index contributed by atoms with van der Waals surface area (Å²) < 4.78 is 29.9. The Labute approximate surface area is 228 Å². The predicted molar refractivity (Wildman–Crippen MR) is 151 cm³/mol. The van der Waals surface area contributed by atoms with Crippen LogP contribution in [0.5, 0.6) is 0 Å². The van der Waals surface area contributed by atoms with Gasteiger partial charge in [0.05, 0.1) is 32.4 Å². The van der Waals surface area contributed by atoms with E-state index in [1.54, 1.807) is 40.3 Å². The van der Waals surface area contributed by atoms with Crippen LogP contribution in [0.25, 0.3) is 16.3 Å². The van der Waals surface area contributed by atoms with E-state index < -0.39 is 15.9 Å². The summed E-state index contributed by atoms with van der Waals surface area (Å²) in [7, 11) is -3.97. The molecule has 5 rings (SSSR count). The van der Waals surface area contributed by atoms with Crippen LogP contribution in [0, 0.1) is 0 Å². The van der Waals surface area contributed by atoms with Crippen LogP contribution in [-0.2, 0) is 10.0 Å². The van der Waals surface area contributed by atoms with Crippen LogP contribution in [0.1, 0.15) is 15.9 Å². The standard InChI is InChI=1S/C27H20ClN5O3S2/c28-23-12-4-5-13-24(23)32-38(35,36)22-11-6-8-19(16-22)27(34)30-29-17-20-18-33(21-9-2-1-3-10-21)31-26(20)25-14-7-15-37-25/h1-18,32H,(H,30,34)/b29-17-. The number of hydrazone groups is 1. The summed E-state index contributed by atoms with van der Waals surface area (Å²) in [6.45, 7) is 0. The van der Waals surface area contributed by atoms with E-state index in [9.17, 15) is 13.2 Å². The lowest BCUT2D eigenvalue weighted by atomic mass is 10.2. The van der Waals surface area contributed by atoms with Crippen LogP contribution < -0.4 is 10.1 Å². The fourth-order valence-corrected chi connectivity index (χ4v) is 5.67. The minimum Gasteiger partial charge on any atom is -0.278 e. The first-order valence-electron chi connectivity index (χ1n) is 11.3. The van der Waals surface area contributed by atoms with E-state index >= 15 is 0 Å². The first-order valence-corrected chi connectivity index (χ1v) is 14.0. The van der Waals surface area contributed by atoms with Crippen molar-refractivity contribution in [2.45, 2.75) is 4.90 Å². The van der Waals surface area contributed by atoms with Crippen molar-refractivity contribution in [3.05, 3.63) is 119 Å². The van der Waals surface area contributed by atoms with Crippen molar-refractivity contribution in [2.75, 3.05) is 4.72 Å². The predicted octanol–water partition coefficient (Wildman–Crippen LogP) is 5.82. The van der Waals surface area contributed by atoms with Gasteiger partial charge in [0.25, 0.3) is 15.9 Å². The second kappa shape index (κ2) is 11.0. The molecule has 0 aliphatic rings. The third-order valence-corrected chi connectivity index (χ3v) is 7.98. The van der Waals surface area contributed by atoms with Gasteiger partial charge in [0.15, 0.2) is 0 Å². The number of aromatic nitrogens is 2. The molecule has 8 nitrogen and oxygen atoms in total. The molecule has 3 aromatic carbocycles. The number of benzene rings is 3. The number of nitrogens with zero attached hydrogens (tertiary/aromatic N) is 3. The van der Waals surface area contributed by atoms with E-state index in [0.29, 0.717) is 5.56 Å². The van der Waals surface area contributed by atoms with Gasteiger partial charge >= 0.3 is 0 Å². The highest BCUT2D eigenvalue weighted by Crippen LogP contribution is 2.27. The number of anilines is 1. The van der Waals surface area contributed by atoms with Gasteiger partial charge in [-0.3, -0.25) is 9.52 Å². The van der Waals surface area contributed by atoms with E-state index in [2.05, 4.69) is 15.2 Å². The summed E-state index contributed by atoms with van der Waals surface area (Å²) in [5.41, 5.74) is 5.15. The number of hydrogen-bond acceptors (Lipinski definition) is 6. The summed E-state index contributed by atoms with van der Waals surface area (Å²) in [6.07, 6.45) is 3.34. The Morgan fingerprint density at radius 3 is 2.53 bits per heavy atom. The first-order chi connectivity index (χ1) is 18.4. The topological polar surface area (TPSA) is 105 Å². The number of carbonyl (C=O) groups is 1. The quantitative estimate of drug-likeness (QED) is 0.184. The molecule has 0 saturated carbocycles. The Morgan fingerprint density at radius 1 is 0.974 bits per heavy atom. The van der Waals surface area contributed by atoms with E-state index in [1.807, 2.05) is 54.0 Å². The highest BCUT2D eigenvalue weighted by atomic mass is 35.5. The number of nitrogens with one attached hydrogen (secondary N) is 2. The first kappa shape index (κ1) is 25.4. The smallest absolute Gasteiger partial charge is 0.271 e. The van der Waals surface area contributed by atoms with Crippen LogP contribution in [0.3, 0.4) is 0 Å². The SMILES string of the molecule is O=C(N/N=C\c1cn(-c2ccccc2)nc1-c1cccs1)c1cccc(S(=O)(=O)Nc2ccccc2Cl)c1. The molecule has 1 amide bonds. The molecular weight excluding hydrogens is 542 g/mol. The van der Waals surface area contributed by atoms with E-state index in [-0.39, 0.29) is 21.2 Å². The number of hydrogen-bond donors (Lipinski definition) is 2. The summed E-state index contributed by atoms with van der Waals surface area (Å²) in [5.74, 6) is -0.566. The van der Waals surface area contributed by atoms with Gasteiger partial charge in [-0.05, 0) is 53.9 Å². The number of amides is 1. The monoisotopic (exact) mass is 561 g/mol. The van der Waals surface area contributed by atoms with Gasteiger partial charge in [0, 0.05) is 17.3 Å².